The van der Waals surface area contributed by atoms with Crippen LogP contribution in [0.4, 0.5) is 5.13 Å². The average molecular weight is 270 g/mol. The van der Waals surface area contributed by atoms with Crippen LogP contribution in [0.3, 0.4) is 0 Å². The maximum absolute atomic E-state index is 11.2. The fourth-order valence-electron chi connectivity index (χ4n) is 2.00. The zero-order valence-electron chi connectivity index (χ0n) is 10.8. The van der Waals surface area contributed by atoms with E-state index in [1.165, 1.54) is 11.3 Å². The summed E-state index contributed by atoms with van der Waals surface area (Å²) in [5.41, 5.74) is 0.682. The maximum Gasteiger partial charge on any atom is 0.347 e. The Bertz CT molecular complexity index is 445. The molecule has 0 aliphatic carbocycles. The van der Waals surface area contributed by atoms with Crippen LogP contribution in [-0.4, -0.2) is 41.9 Å². The molecule has 1 unspecified atom stereocenters. The monoisotopic (exact) mass is 270 g/mol. The maximum atomic E-state index is 11.2. The standard InChI is InChI=1S/C12H18N2O3S/c1-7(2)9-10(11(15)16)18-12(13-9)14-4-5-17-6-8(14)3/h7-8H,4-6H2,1-3H3,(H,15,16). The normalized spacial score (nSPS) is 20.4. The van der Waals surface area contributed by atoms with E-state index in [0.29, 0.717) is 23.8 Å². The SMILES string of the molecule is CC(C)c1nc(N2CCOCC2C)sc1C(=O)O. The summed E-state index contributed by atoms with van der Waals surface area (Å²) in [6, 6.07) is 0.242. The lowest BCUT2D eigenvalue weighted by molar-refractivity contribution is 0.0700. The van der Waals surface area contributed by atoms with Crippen molar-refractivity contribution in [2.75, 3.05) is 24.7 Å². The molecule has 1 atom stereocenters. The first-order valence-electron chi connectivity index (χ1n) is 6.09. The van der Waals surface area contributed by atoms with Crippen molar-refractivity contribution in [3.63, 3.8) is 0 Å². The third-order valence-corrected chi connectivity index (χ3v) is 4.09. The van der Waals surface area contributed by atoms with Crippen LogP contribution in [0.25, 0.3) is 0 Å². The van der Waals surface area contributed by atoms with Gasteiger partial charge in [-0.2, -0.15) is 0 Å². The molecule has 0 radical (unpaired) electrons. The van der Waals surface area contributed by atoms with Crippen LogP contribution in [0, 0.1) is 0 Å². The number of aromatic nitrogens is 1. The van der Waals surface area contributed by atoms with Crippen LogP contribution in [0.2, 0.25) is 0 Å². The van der Waals surface area contributed by atoms with Gasteiger partial charge in [-0.1, -0.05) is 25.2 Å². The Kier molecular flexibility index (Phi) is 3.87. The zero-order chi connectivity index (χ0) is 13.3. The highest BCUT2D eigenvalue weighted by Gasteiger charge is 2.26. The van der Waals surface area contributed by atoms with Crippen LogP contribution in [0.1, 0.15) is 42.1 Å². The van der Waals surface area contributed by atoms with Gasteiger partial charge in [0.1, 0.15) is 4.88 Å². The van der Waals surface area contributed by atoms with E-state index < -0.39 is 5.97 Å². The topological polar surface area (TPSA) is 62.7 Å². The molecule has 1 aliphatic rings. The number of thiazole rings is 1. The minimum atomic E-state index is -0.886. The summed E-state index contributed by atoms with van der Waals surface area (Å²) in [7, 11) is 0. The van der Waals surface area contributed by atoms with Crippen molar-refractivity contribution < 1.29 is 14.6 Å². The first-order valence-corrected chi connectivity index (χ1v) is 6.90. The number of anilines is 1. The molecule has 1 aromatic rings. The minimum Gasteiger partial charge on any atom is -0.477 e. The number of aromatic carboxylic acids is 1. The molecule has 0 aromatic carbocycles. The van der Waals surface area contributed by atoms with Gasteiger partial charge in [-0.05, 0) is 12.8 Å². The fourth-order valence-corrected chi connectivity index (χ4v) is 3.19. The summed E-state index contributed by atoms with van der Waals surface area (Å²) in [4.78, 5) is 18.2. The number of hydrogen-bond acceptors (Lipinski definition) is 5. The number of carbonyl (C=O) groups is 1. The van der Waals surface area contributed by atoms with Crippen molar-refractivity contribution in [3.05, 3.63) is 10.6 Å². The Morgan fingerprint density at radius 3 is 2.83 bits per heavy atom. The second kappa shape index (κ2) is 5.24. The number of rotatable bonds is 3. The van der Waals surface area contributed by atoms with E-state index in [1.807, 2.05) is 13.8 Å². The molecule has 0 saturated carbocycles. The number of carboxylic acids is 1. The van der Waals surface area contributed by atoms with Gasteiger partial charge >= 0.3 is 5.97 Å². The molecule has 0 amide bonds. The van der Waals surface area contributed by atoms with Gasteiger partial charge in [-0.3, -0.25) is 0 Å². The third kappa shape index (κ3) is 2.49. The Morgan fingerprint density at radius 2 is 2.33 bits per heavy atom. The molecule has 2 heterocycles. The second-order valence-electron chi connectivity index (χ2n) is 4.79. The van der Waals surface area contributed by atoms with E-state index in [1.54, 1.807) is 0 Å². The van der Waals surface area contributed by atoms with E-state index in [0.717, 1.165) is 11.7 Å². The molecule has 1 fully saturated rings. The summed E-state index contributed by atoms with van der Waals surface area (Å²) < 4.78 is 5.38. The van der Waals surface area contributed by atoms with Crippen molar-refractivity contribution in [2.24, 2.45) is 0 Å². The number of morpholine rings is 1. The second-order valence-corrected chi connectivity index (χ2v) is 5.77. The summed E-state index contributed by atoms with van der Waals surface area (Å²) >= 11 is 1.27. The molecule has 6 heteroatoms. The molecule has 100 valence electrons. The van der Waals surface area contributed by atoms with Crippen molar-refractivity contribution in [1.82, 2.24) is 4.98 Å². The summed E-state index contributed by atoms with van der Waals surface area (Å²) in [5, 5.41) is 10.0. The molecular formula is C12H18N2O3S. The van der Waals surface area contributed by atoms with Gasteiger partial charge < -0.3 is 14.7 Å². The minimum absolute atomic E-state index is 0.123. The molecule has 1 aliphatic heterocycles. The number of hydrogen-bond donors (Lipinski definition) is 1. The lowest BCUT2D eigenvalue weighted by Gasteiger charge is -2.32. The quantitative estimate of drug-likeness (QED) is 0.912. The molecule has 0 spiro atoms. The van der Waals surface area contributed by atoms with Gasteiger partial charge in [0.25, 0.3) is 0 Å². The molecule has 0 bridgehead atoms. The molecule has 1 saturated heterocycles. The van der Waals surface area contributed by atoms with Crippen LogP contribution < -0.4 is 4.90 Å². The van der Waals surface area contributed by atoms with Gasteiger partial charge in [-0.25, -0.2) is 9.78 Å². The molecule has 2 rings (SSSR count). The fraction of sp³-hybridized carbons (Fsp3) is 0.667. The van der Waals surface area contributed by atoms with Crippen molar-refractivity contribution >= 4 is 22.4 Å². The molecule has 1 aromatic heterocycles. The number of nitrogens with zero attached hydrogens (tertiary/aromatic N) is 2. The number of carboxylic acid groups (broad SMARTS) is 1. The average Bonchev–Trinajstić information content (AvgIpc) is 2.74. The predicted molar refractivity (Wildman–Crippen MR) is 70.8 cm³/mol. The first-order chi connectivity index (χ1) is 8.50. The van der Waals surface area contributed by atoms with Gasteiger partial charge in [0.05, 0.1) is 24.9 Å². The smallest absolute Gasteiger partial charge is 0.347 e. The van der Waals surface area contributed by atoms with E-state index in [4.69, 9.17) is 4.74 Å². The highest BCUT2D eigenvalue weighted by Crippen LogP contribution is 2.32. The van der Waals surface area contributed by atoms with Crippen LogP contribution in [-0.2, 0) is 4.74 Å². The zero-order valence-corrected chi connectivity index (χ0v) is 11.7. The Hall–Kier alpha value is -1.14. The lowest BCUT2D eigenvalue weighted by Crippen LogP contribution is -2.43. The molecule has 5 nitrogen and oxygen atoms in total. The third-order valence-electron chi connectivity index (χ3n) is 3.00. The van der Waals surface area contributed by atoms with Gasteiger partial charge in [0, 0.05) is 6.54 Å². The number of ether oxygens (including phenoxy) is 1. The van der Waals surface area contributed by atoms with Gasteiger partial charge in [-0.15, -0.1) is 0 Å². The van der Waals surface area contributed by atoms with Crippen molar-refractivity contribution in [2.45, 2.75) is 32.7 Å². The van der Waals surface area contributed by atoms with E-state index >= 15 is 0 Å². The molecule has 1 N–H and O–H groups in total. The van der Waals surface area contributed by atoms with Crippen molar-refractivity contribution in [1.29, 1.82) is 0 Å². The van der Waals surface area contributed by atoms with Crippen LogP contribution in [0.5, 0.6) is 0 Å². The lowest BCUT2D eigenvalue weighted by atomic mass is 10.1. The van der Waals surface area contributed by atoms with Crippen LogP contribution in [0.15, 0.2) is 0 Å². The van der Waals surface area contributed by atoms with Crippen LogP contribution >= 0.6 is 11.3 Å². The largest absolute Gasteiger partial charge is 0.477 e. The Balaban J connectivity index is 2.33. The van der Waals surface area contributed by atoms with Crippen molar-refractivity contribution in [3.8, 4) is 0 Å². The van der Waals surface area contributed by atoms with E-state index in [9.17, 15) is 9.90 Å². The van der Waals surface area contributed by atoms with E-state index in [2.05, 4.69) is 16.8 Å². The summed E-state index contributed by atoms with van der Waals surface area (Å²) in [6.45, 7) is 8.10. The Labute approximate surface area is 110 Å². The van der Waals surface area contributed by atoms with E-state index in [-0.39, 0.29) is 12.0 Å². The highest BCUT2D eigenvalue weighted by molar-refractivity contribution is 7.17. The first kappa shape index (κ1) is 13.3. The molecule has 18 heavy (non-hydrogen) atoms. The van der Waals surface area contributed by atoms with Gasteiger partial charge in [0.2, 0.25) is 0 Å². The Morgan fingerprint density at radius 1 is 1.61 bits per heavy atom. The predicted octanol–water partition coefficient (Wildman–Crippen LogP) is 2.19. The molecular weight excluding hydrogens is 252 g/mol. The highest BCUT2D eigenvalue weighted by atomic mass is 32.1. The summed E-state index contributed by atoms with van der Waals surface area (Å²) in [5.74, 6) is -0.763. The van der Waals surface area contributed by atoms with Gasteiger partial charge in [0.15, 0.2) is 5.13 Å². The summed E-state index contributed by atoms with van der Waals surface area (Å²) in [6.07, 6.45) is 0.